The van der Waals surface area contributed by atoms with E-state index >= 15 is 0 Å². The molecule has 2 aromatic rings. The Morgan fingerprint density at radius 3 is 2.14 bits per heavy atom. The third-order valence-electron chi connectivity index (χ3n) is 3.09. The zero-order chi connectivity index (χ0) is 15.2. The molecule has 2 aromatic carbocycles. The number of carbonyl (C=O) groups excluding carboxylic acids is 2. The molecular weight excluding hydrogens is 280 g/mol. The SMILES string of the molecule is Cc1cccc(C)c1NC(=O)COC(=O)c1ccccc1.N. The minimum Gasteiger partial charge on any atom is -0.452 e. The highest BCUT2D eigenvalue weighted by molar-refractivity contribution is 5.96. The van der Waals surface area contributed by atoms with E-state index < -0.39 is 5.97 Å². The monoisotopic (exact) mass is 300 g/mol. The number of nitrogens with one attached hydrogen (secondary N) is 1. The molecule has 1 amide bonds. The summed E-state index contributed by atoms with van der Waals surface area (Å²) in [5, 5.41) is 2.77. The number of para-hydroxylation sites is 1. The lowest BCUT2D eigenvalue weighted by Gasteiger charge is -2.11. The van der Waals surface area contributed by atoms with Gasteiger partial charge in [0.15, 0.2) is 6.61 Å². The number of aryl methyl sites for hydroxylation is 2. The van der Waals surface area contributed by atoms with E-state index in [2.05, 4.69) is 5.32 Å². The molecule has 0 fully saturated rings. The van der Waals surface area contributed by atoms with Crippen molar-refractivity contribution < 1.29 is 14.3 Å². The summed E-state index contributed by atoms with van der Waals surface area (Å²) >= 11 is 0. The summed E-state index contributed by atoms with van der Waals surface area (Å²) in [5.41, 5.74) is 3.13. The van der Waals surface area contributed by atoms with Gasteiger partial charge in [-0.25, -0.2) is 4.79 Å². The molecule has 0 radical (unpaired) electrons. The van der Waals surface area contributed by atoms with Crippen LogP contribution >= 0.6 is 0 Å². The van der Waals surface area contributed by atoms with Gasteiger partial charge >= 0.3 is 5.97 Å². The molecule has 0 aromatic heterocycles. The number of carbonyl (C=O) groups is 2. The minimum absolute atomic E-state index is 0. The summed E-state index contributed by atoms with van der Waals surface area (Å²) in [7, 11) is 0. The van der Waals surface area contributed by atoms with E-state index in [1.807, 2.05) is 38.1 Å². The fourth-order valence-corrected chi connectivity index (χ4v) is 1.98. The summed E-state index contributed by atoms with van der Waals surface area (Å²) in [4.78, 5) is 23.6. The number of benzene rings is 2. The largest absolute Gasteiger partial charge is 0.452 e. The normalized spacial score (nSPS) is 9.55. The van der Waals surface area contributed by atoms with Crippen molar-refractivity contribution >= 4 is 17.6 Å². The lowest BCUT2D eigenvalue weighted by molar-refractivity contribution is -0.119. The molecule has 116 valence electrons. The van der Waals surface area contributed by atoms with Gasteiger partial charge in [-0.1, -0.05) is 36.4 Å². The van der Waals surface area contributed by atoms with E-state index in [-0.39, 0.29) is 18.7 Å². The Morgan fingerprint density at radius 2 is 1.55 bits per heavy atom. The Kier molecular flexibility index (Phi) is 6.28. The second kappa shape index (κ2) is 7.95. The van der Waals surface area contributed by atoms with Crippen molar-refractivity contribution in [1.29, 1.82) is 0 Å². The van der Waals surface area contributed by atoms with Crippen LogP contribution < -0.4 is 11.5 Å². The predicted molar refractivity (Wildman–Crippen MR) is 86.3 cm³/mol. The van der Waals surface area contributed by atoms with Crippen molar-refractivity contribution in [3.8, 4) is 0 Å². The van der Waals surface area contributed by atoms with Gasteiger partial charge in [0.2, 0.25) is 0 Å². The fourth-order valence-electron chi connectivity index (χ4n) is 1.98. The summed E-state index contributed by atoms with van der Waals surface area (Å²) in [6.45, 7) is 3.53. The van der Waals surface area contributed by atoms with E-state index in [1.54, 1.807) is 24.3 Å². The summed E-state index contributed by atoms with van der Waals surface area (Å²) in [6, 6.07) is 14.3. The number of anilines is 1. The predicted octanol–water partition coefficient (Wildman–Crippen LogP) is 3.26. The van der Waals surface area contributed by atoms with Gasteiger partial charge < -0.3 is 16.2 Å². The van der Waals surface area contributed by atoms with Gasteiger partial charge in [-0.3, -0.25) is 4.79 Å². The fraction of sp³-hybridized carbons (Fsp3) is 0.176. The molecule has 0 bridgehead atoms. The Balaban J connectivity index is 0.00000242. The third-order valence-corrected chi connectivity index (χ3v) is 3.09. The zero-order valence-corrected chi connectivity index (χ0v) is 12.8. The number of ether oxygens (including phenoxy) is 1. The lowest BCUT2D eigenvalue weighted by Crippen LogP contribution is -2.21. The molecule has 5 nitrogen and oxygen atoms in total. The second-order valence-corrected chi connectivity index (χ2v) is 4.76. The van der Waals surface area contributed by atoms with Crippen LogP contribution in [-0.4, -0.2) is 18.5 Å². The van der Waals surface area contributed by atoms with Crippen molar-refractivity contribution in [3.05, 3.63) is 65.2 Å². The highest BCUT2D eigenvalue weighted by Gasteiger charge is 2.11. The van der Waals surface area contributed by atoms with Gasteiger partial charge in [0.25, 0.3) is 5.91 Å². The topological polar surface area (TPSA) is 90.4 Å². The maximum atomic E-state index is 11.9. The molecule has 4 N–H and O–H groups in total. The van der Waals surface area contributed by atoms with Crippen molar-refractivity contribution in [2.24, 2.45) is 0 Å². The molecule has 22 heavy (non-hydrogen) atoms. The number of esters is 1. The first-order valence-corrected chi connectivity index (χ1v) is 6.66. The van der Waals surface area contributed by atoms with E-state index in [9.17, 15) is 9.59 Å². The van der Waals surface area contributed by atoms with Crippen molar-refractivity contribution in [2.75, 3.05) is 11.9 Å². The third kappa shape index (κ3) is 4.43. The Hall–Kier alpha value is -2.66. The van der Waals surface area contributed by atoms with Gasteiger partial charge in [-0.15, -0.1) is 0 Å². The average Bonchev–Trinajstić information content (AvgIpc) is 2.49. The quantitative estimate of drug-likeness (QED) is 0.848. The van der Waals surface area contributed by atoms with Crippen LogP contribution in [0.2, 0.25) is 0 Å². The molecule has 0 heterocycles. The molecular formula is C17H20N2O3. The van der Waals surface area contributed by atoms with E-state index in [0.29, 0.717) is 5.56 Å². The van der Waals surface area contributed by atoms with Crippen LogP contribution in [0.5, 0.6) is 0 Å². The van der Waals surface area contributed by atoms with Crippen LogP contribution in [0.3, 0.4) is 0 Å². The van der Waals surface area contributed by atoms with Crippen molar-refractivity contribution in [2.45, 2.75) is 13.8 Å². The lowest BCUT2D eigenvalue weighted by atomic mass is 10.1. The first-order chi connectivity index (χ1) is 10.1. The van der Waals surface area contributed by atoms with Crippen molar-refractivity contribution in [3.63, 3.8) is 0 Å². The van der Waals surface area contributed by atoms with Gasteiger partial charge in [-0.2, -0.15) is 0 Å². The average molecular weight is 300 g/mol. The summed E-state index contributed by atoms with van der Waals surface area (Å²) in [6.07, 6.45) is 0. The maximum Gasteiger partial charge on any atom is 0.338 e. The number of hydrogen-bond acceptors (Lipinski definition) is 4. The van der Waals surface area contributed by atoms with Crippen LogP contribution in [0, 0.1) is 13.8 Å². The first kappa shape index (κ1) is 17.4. The van der Waals surface area contributed by atoms with Crippen LogP contribution in [-0.2, 0) is 9.53 Å². The van der Waals surface area contributed by atoms with E-state index in [1.165, 1.54) is 0 Å². The number of hydrogen-bond donors (Lipinski definition) is 2. The van der Waals surface area contributed by atoms with Crippen LogP contribution in [0.15, 0.2) is 48.5 Å². The van der Waals surface area contributed by atoms with E-state index in [4.69, 9.17) is 4.74 Å². The molecule has 0 atom stereocenters. The summed E-state index contributed by atoms with van der Waals surface area (Å²) in [5.74, 6) is -0.857. The maximum absolute atomic E-state index is 11.9. The van der Waals surface area contributed by atoms with Gasteiger partial charge in [0.1, 0.15) is 0 Å². The van der Waals surface area contributed by atoms with Crippen molar-refractivity contribution in [1.82, 2.24) is 6.15 Å². The molecule has 0 saturated heterocycles. The number of rotatable bonds is 4. The van der Waals surface area contributed by atoms with Crippen LogP contribution in [0.1, 0.15) is 21.5 Å². The highest BCUT2D eigenvalue weighted by Crippen LogP contribution is 2.19. The zero-order valence-electron chi connectivity index (χ0n) is 12.8. The second-order valence-electron chi connectivity index (χ2n) is 4.76. The standard InChI is InChI=1S/C17H17NO3.H3N/c1-12-7-6-8-13(2)16(12)18-15(19)11-21-17(20)14-9-4-3-5-10-14;/h3-10H,11H2,1-2H3,(H,18,19);1H3. The van der Waals surface area contributed by atoms with Gasteiger partial charge in [0, 0.05) is 5.69 Å². The molecule has 0 aliphatic carbocycles. The molecule has 0 saturated carbocycles. The first-order valence-electron chi connectivity index (χ1n) is 6.66. The Bertz CT molecular complexity index is 634. The molecule has 0 aliphatic heterocycles. The van der Waals surface area contributed by atoms with Crippen LogP contribution in [0.4, 0.5) is 5.69 Å². The van der Waals surface area contributed by atoms with E-state index in [0.717, 1.165) is 16.8 Å². The summed E-state index contributed by atoms with van der Waals surface area (Å²) < 4.78 is 4.99. The molecule has 0 spiro atoms. The highest BCUT2D eigenvalue weighted by atomic mass is 16.5. The molecule has 0 unspecified atom stereocenters. The van der Waals surface area contributed by atoms with Gasteiger partial charge in [-0.05, 0) is 37.1 Å². The Morgan fingerprint density at radius 1 is 0.955 bits per heavy atom. The Labute approximate surface area is 129 Å². The smallest absolute Gasteiger partial charge is 0.338 e. The van der Waals surface area contributed by atoms with Crippen LogP contribution in [0.25, 0.3) is 0 Å². The minimum atomic E-state index is -0.507. The molecule has 2 rings (SSSR count). The number of amides is 1. The molecule has 0 aliphatic rings. The molecule has 5 heteroatoms. The van der Waals surface area contributed by atoms with Gasteiger partial charge in [0.05, 0.1) is 5.56 Å².